The van der Waals surface area contributed by atoms with Crippen molar-refractivity contribution in [3.8, 4) is 5.75 Å². The summed E-state index contributed by atoms with van der Waals surface area (Å²) in [5.41, 5.74) is 2.95. The van der Waals surface area contributed by atoms with Crippen molar-refractivity contribution in [2.24, 2.45) is 0 Å². The van der Waals surface area contributed by atoms with Gasteiger partial charge in [0.25, 0.3) is 0 Å². The summed E-state index contributed by atoms with van der Waals surface area (Å²) >= 11 is 3.55. The second-order valence-electron chi connectivity index (χ2n) is 9.76. The van der Waals surface area contributed by atoms with Crippen LogP contribution in [0.25, 0.3) is 0 Å². The van der Waals surface area contributed by atoms with E-state index in [2.05, 4.69) is 64.5 Å². The second-order valence-corrected chi connectivity index (χ2v) is 10.7. The maximum Gasteiger partial charge on any atom is 0.226 e. The van der Waals surface area contributed by atoms with Crippen LogP contribution in [0.2, 0.25) is 0 Å². The third-order valence-corrected chi connectivity index (χ3v) is 7.41. The minimum absolute atomic E-state index is 0.0189. The van der Waals surface area contributed by atoms with E-state index >= 15 is 0 Å². The fraction of sp³-hybridized carbons (Fsp3) is 0.306. The molecule has 1 N–H and O–H groups in total. The van der Waals surface area contributed by atoms with Gasteiger partial charge in [0.1, 0.15) is 18.2 Å². The Morgan fingerprint density at radius 1 is 0.976 bits per heavy atom. The number of carbonyl (C=O) groups is 1. The molecule has 1 fully saturated rings. The highest BCUT2D eigenvalue weighted by Crippen LogP contribution is 2.42. The maximum absolute atomic E-state index is 12.5. The van der Waals surface area contributed by atoms with Crippen LogP contribution in [0.4, 0.5) is 4.39 Å². The van der Waals surface area contributed by atoms with Crippen molar-refractivity contribution in [1.29, 1.82) is 0 Å². The highest BCUT2D eigenvalue weighted by atomic mass is 79.9. The molecule has 0 bridgehead atoms. The summed E-state index contributed by atoms with van der Waals surface area (Å²) in [5.74, 6) is 0.730. The number of aliphatic hydroxyl groups is 1. The van der Waals surface area contributed by atoms with Crippen LogP contribution in [0, 0.1) is 5.82 Å². The molecule has 0 radical (unpaired) electrons. The first-order valence-corrected chi connectivity index (χ1v) is 15.5. The van der Waals surface area contributed by atoms with Crippen LogP contribution in [0.5, 0.6) is 5.75 Å². The van der Waals surface area contributed by atoms with Crippen molar-refractivity contribution in [3.63, 3.8) is 0 Å². The molecule has 1 heterocycles. The third-order valence-electron chi connectivity index (χ3n) is 6.91. The number of amides is 1. The van der Waals surface area contributed by atoms with Gasteiger partial charge in [-0.2, -0.15) is 0 Å². The zero-order chi connectivity index (χ0) is 30.3. The van der Waals surface area contributed by atoms with E-state index < -0.39 is 6.10 Å². The van der Waals surface area contributed by atoms with Crippen LogP contribution in [-0.2, 0) is 11.4 Å². The summed E-state index contributed by atoms with van der Waals surface area (Å²) in [6.07, 6.45) is 15.4. The lowest BCUT2D eigenvalue weighted by Gasteiger charge is -2.44. The van der Waals surface area contributed by atoms with E-state index in [1.165, 1.54) is 12.1 Å². The van der Waals surface area contributed by atoms with Crippen LogP contribution in [0.1, 0.15) is 75.3 Å². The van der Waals surface area contributed by atoms with Crippen LogP contribution in [-0.4, -0.2) is 22.0 Å². The predicted molar refractivity (Wildman–Crippen MR) is 173 cm³/mol. The molecule has 3 unspecified atom stereocenters. The monoisotopic (exact) mass is 633 g/mol. The minimum atomic E-state index is -0.462. The van der Waals surface area contributed by atoms with E-state index in [4.69, 9.17) is 4.74 Å². The molecule has 3 aromatic carbocycles. The number of hydrogen-bond acceptors (Lipinski definition) is 3. The van der Waals surface area contributed by atoms with Gasteiger partial charge in [0.05, 0.1) is 24.6 Å². The lowest BCUT2D eigenvalue weighted by Crippen LogP contribution is -2.51. The van der Waals surface area contributed by atoms with Crippen LogP contribution >= 0.6 is 15.9 Å². The van der Waals surface area contributed by atoms with Gasteiger partial charge in [-0.05, 0) is 54.7 Å². The van der Waals surface area contributed by atoms with Gasteiger partial charge in [0.15, 0.2) is 0 Å². The Bertz CT molecular complexity index is 1340. The number of rotatable bonds is 7. The molecule has 6 heteroatoms. The van der Waals surface area contributed by atoms with Crippen molar-refractivity contribution in [2.45, 2.75) is 71.2 Å². The quantitative estimate of drug-likeness (QED) is 0.208. The first-order valence-electron chi connectivity index (χ1n) is 14.7. The molecule has 2 aliphatic rings. The number of β-lactam (4-membered cyclic amide) rings is 1. The fourth-order valence-corrected chi connectivity index (χ4v) is 5.00. The first-order chi connectivity index (χ1) is 20.5. The summed E-state index contributed by atoms with van der Waals surface area (Å²) in [5, 5.41) is 9.30. The largest absolute Gasteiger partial charge is 0.489 e. The Morgan fingerprint density at radius 3 is 2.38 bits per heavy atom. The molecular formula is C36H41BrFNO3. The van der Waals surface area contributed by atoms with Crippen molar-refractivity contribution in [3.05, 3.63) is 136 Å². The van der Waals surface area contributed by atoms with Gasteiger partial charge in [-0.1, -0.05) is 122 Å². The number of aliphatic hydroxyl groups excluding tert-OH is 1. The minimum Gasteiger partial charge on any atom is -0.489 e. The van der Waals surface area contributed by atoms with E-state index in [-0.39, 0.29) is 23.8 Å². The Balaban J connectivity index is 0.000000313. The van der Waals surface area contributed by atoms with Gasteiger partial charge in [-0.3, -0.25) is 4.79 Å². The van der Waals surface area contributed by atoms with Crippen molar-refractivity contribution >= 4 is 21.8 Å². The summed E-state index contributed by atoms with van der Waals surface area (Å²) < 4.78 is 19.5. The van der Waals surface area contributed by atoms with E-state index in [0.717, 1.165) is 39.8 Å². The van der Waals surface area contributed by atoms with Crippen molar-refractivity contribution in [1.82, 2.24) is 4.90 Å². The van der Waals surface area contributed by atoms with Gasteiger partial charge in [-0.25, -0.2) is 4.39 Å². The first kappa shape index (κ1) is 33.0. The average molecular weight is 635 g/mol. The Morgan fingerprint density at radius 2 is 1.69 bits per heavy atom. The smallest absolute Gasteiger partial charge is 0.226 e. The molecule has 1 aliphatic carbocycles. The molecular weight excluding hydrogens is 593 g/mol. The van der Waals surface area contributed by atoms with E-state index in [1.807, 2.05) is 62.1 Å². The Labute approximate surface area is 258 Å². The molecule has 1 aliphatic heterocycles. The van der Waals surface area contributed by atoms with Crippen molar-refractivity contribution in [2.75, 3.05) is 0 Å². The van der Waals surface area contributed by atoms with Gasteiger partial charge in [0, 0.05) is 10.0 Å². The zero-order valence-corrected chi connectivity index (χ0v) is 26.2. The predicted octanol–water partition coefficient (Wildman–Crippen LogP) is 9.43. The molecule has 1 amide bonds. The standard InChI is InChI=1S/C25H24BrNO2.C9H11FO.C2H6/c26-20-14-15-22(24(16-20)29-18-19-10-6-5-7-11-19)23-17-25(28)27(23)21-12-8-3-1-2-4-9-13-21;1-2-9(11)7-3-5-8(10)6-4-7;1-2/h1,3,5-16,21,23H,2,4,17-18H2;3-6,9,11H,2H2,1H3;1-2H3/b3-1-,12-8?,13-9-;;. The topological polar surface area (TPSA) is 49.8 Å². The molecule has 4 nitrogen and oxygen atoms in total. The van der Waals surface area contributed by atoms with Crippen LogP contribution in [0.3, 0.4) is 0 Å². The summed E-state index contributed by atoms with van der Waals surface area (Å²) in [7, 11) is 0. The van der Waals surface area contributed by atoms with Gasteiger partial charge in [-0.15, -0.1) is 0 Å². The molecule has 1 saturated heterocycles. The SMILES string of the molecule is CC.CCC(O)c1ccc(F)cc1.O=C1CC(c2ccc(Br)cc2OCc2ccccc2)N1C1C=C/C=C\CC/C=C\1. The molecule has 222 valence electrons. The number of ether oxygens (including phenoxy) is 1. The number of carbonyl (C=O) groups excluding carboxylic acids is 1. The molecule has 3 aromatic rings. The highest BCUT2D eigenvalue weighted by molar-refractivity contribution is 9.10. The van der Waals surface area contributed by atoms with Gasteiger partial charge >= 0.3 is 0 Å². The van der Waals surface area contributed by atoms with E-state index in [1.54, 1.807) is 12.1 Å². The Hall–Kier alpha value is -3.48. The maximum atomic E-state index is 12.5. The van der Waals surface area contributed by atoms with Crippen LogP contribution in [0.15, 0.2) is 114 Å². The summed E-state index contributed by atoms with van der Waals surface area (Å²) in [6, 6.07) is 22.1. The lowest BCUT2D eigenvalue weighted by atomic mass is 9.90. The van der Waals surface area contributed by atoms with Gasteiger partial charge < -0.3 is 14.7 Å². The van der Waals surface area contributed by atoms with Crippen LogP contribution < -0.4 is 4.74 Å². The molecule has 0 aromatic heterocycles. The summed E-state index contributed by atoms with van der Waals surface area (Å²) in [4.78, 5) is 14.5. The number of likely N-dealkylation sites (tertiary alicyclic amines) is 1. The number of benzene rings is 3. The second kappa shape index (κ2) is 17.5. The lowest BCUT2D eigenvalue weighted by molar-refractivity contribution is -0.147. The molecule has 42 heavy (non-hydrogen) atoms. The molecule has 3 atom stereocenters. The number of nitrogens with zero attached hydrogens (tertiary/aromatic N) is 1. The molecule has 5 rings (SSSR count). The third kappa shape index (κ3) is 9.53. The van der Waals surface area contributed by atoms with E-state index in [9.17, 15) is 14.3 Å². The zero-order valence-electron chi connectivity index (χ0n) is 24.6. The summed E-state index contributed by atoms with van der Waals surface area (Å²) in [6.45, 7) is 6.38. The Kier molecular flexibility index (Phi) is 13.7. The highest BCUT2D eigenvalue weighted by Gasteiger charge is 2.41. The average Bonchev–Trinajstić information content (AvgIpc) is 3.15. The number of halogens is 2. The van der Waals surface area contributed by atoms with Gasteiger partial charge in [0.2, 0.25) is 5.91 Å². The molecule has 0 spiro atoms. The molecule has 0 saturated carbocycles. The number of allylic oxidation sites excluding steroid dienone is 4. The van der Waals surface area contributed by atoms with E-state index in [0.29, 0.717) is 19.4 Å². The van der Waals surface area contributed by atoms with Crippen molar-refractivity contribution < 1.29 is 19.0 Å². The number of hydrogen-bond donors (Lipinski definition) is 1. The fourth-order valence-electron chi connectivity index (χ4n) is 4.66. The normalized spacial score (nSPS) is 19.8.